The molecule has 1 amide bonds. The number of hydrogen-bond donors (Lipinski definition) is 2. The minimum atomic E-state index is 0.0275. The first-order valence-corrected chi connectivity index (χ1v) is 7.85. The number of hydrazine groups is 1. The van der Waals surface area contributed by atoms with Crippen LogP contribution in [0.3, 0.4) is 0 Å². The predicted molar refractivity (Wildman–Crippen MR) is 84.8 cm³/mol. The Kier molecular flexibility index (Phi) is 5.56. The molecule has 1 aliphatic rings. The third kappa shape index (κ3) is 4.17. The molecule has 3 N–H and O–H groups in total. The summed E-state index contributed by atoms with van der Waals surface area (Å²) in [7, 11) is 0. The molecule has 5 nitrogen and oxygen atoms in total. The lowest BCUT2D eigenvalue weighted by Gasteiger charge is -2.29. The molecule has 21 heavy (non-hydrogen) atoms. The molecule has 0 radical (unpaired) electrons. The third-order valence-corrected chi connectivity index (χ3v) is 4.12. The minimum absolute atomic E-state index is 0.0275. The Labute approximate surface area is 126 Å². The van der Waals surface area contributed by atoms with Crippen LogP contribution in [-0.2, 0) is 0 Å². The lowest BCUT2D eigenvalue weighted by atomic mass is 10.1. The van der Waals surface area contributed by atoms with Crippen LogP contribution in [0.2, 0.25) is 0 Å². The summed E-state index contributed by atoms with van der Waals surface area (Å²) in [5.41, 5.74) is 3.76. The van der Waals surface area contributed by atoms with Crippen LogP contribution in [0.1, 0.15) is 56.4 Å². The second-order valence-electron chi connectivity index (χ2n) is 6.19. The van der Waals surface area contributed by atoms with Crippen molar-refractivity contribution < 1.29 is 4.79 Å². The maximum Gasteiger partial charge on any atom is 0.272 e. The van der Waals surface area contributed by atoms with Crippen molar-refractivity contribution in [1.29, 1.82) is 0 Å². The number of anilines is 1. The van der Waals surface area contributed by atoms with Gasteiger partial charge < -0.3 is 10.3 Å². The van der Waals surface area contributed by atoms with E-state index < -0.39 is 0 Å². The van der Waals surface area contributed by atoms with Crippen molar-refractivity contribution in [3.8, 4) is 0 Å². The Morgan fingerprint density at radius 3 is 2.81 bits per heavy atom. The number of pyridine rings is 1. The number of nitrogens with one attached hydrogen (secondary N) is 1. The maximum atomic E-state index is 12.8. The molecule has 1 fully saturated rings. The van der Waals surface area contributed by atoms with Crippen molar-refractivity contribution in [3.63, 3.8) is 0 Å². The van der Waals surface area contributed by atoms with Gasteiger partial charge in [-0.25, -0.2) is 0 Å². The van der Waals surface area contributed by atoms with Crippen molar-refractivity contribution in [2.45, 2.75) is 52.0 Å². The highest BCUT2D eigenvalue weighted by molar-refractivity contribution is 5.93. The summed E-state index contributed by atoms with van der Waals surface area (Å²) in [6.45, 7) is 5.19. The monoisotopic (exact) mass is 290 g/mol. The topological polar surface area (TPSA) is 71.2 Å². The van der Waals surface area contributed by atoms with Gasteiger partial charge in [-0.3, -0.25) is 15.6 Å². The van der Waals surface area contributed by atoms with E-state index in [1.165, 1.54) is 12.8 Å². The van der Waals surface area contributed by atoms with E-state index in [2.05, 4.69) is 24.3 Å². The molecule has 0 aromatic carbocycles. The van der Waals surface area contributed by atoms with Gasteiger partial charge in [0.2, 0.25) is 0 Å². The number of nitrogens with zero attached hydrogens (tertiary/aromatic N) is 2. The first-order chi connectivity index (χ1) is 10.1. The zero-order valence-corrected chi connectivity index (χ0v) is 13.0. The summed E-state index contributed by atoms with van der Waals surface area (Å²) in [6.07, 6.45) is 7.30. The highest BCUT2D eigenvalue weighted by Crippen LogP contribution is 2.25. The van der Waals surface area contributed by atoms with E-state index >= 15 is 0 Å². The highest BCUT2D eigenvalue weighted by Gasteiger charge is 2.28. The molecule has 0 bridgehead atoms. The molecule has 2 rings (SSSR count). The lowest BCUT2D eigenvalue weighted by Crippen LogP contribution is -2.40. The van der Waals surface area contributed by atoms with Crippen molar-refractivity contribution in [2.24, 2.45) is 11.8 Å². The highest BCUT2D eigenvalue weighted by atomic mass is 16.2. The van der Waals surface area contributed by atoms with Gasteiger partial charge in [0.05, 0.1) is 5.69 Å². The van der Waals surface area contributed by atoms with Crippen LogP contribution in [0.5, 0.6) is 0 Å². The van der Waals surface area contributed by atoms with Gasteiger partial charge in [0.1, 0.15) is 5.69 Å². The number of amides is 1. The van der Waals surface area contributed by atoms with E-state index in [0.29, 0.717) is 23.3 Å². The second kappa shape index (κ2) is 7.41. The van der Waals surface area contributed by atoms with Gasteiger partial charge in [0.15, 0.2) is 0 Å². The molecule has 1 heterocycles. The summed E-state index contributed by atoms with van der Waals surface area (Å²) in [5, 5.41) is 0. The molecular weight excluding hydrogens is 264 g/mol. The molecule has 0 aliphatic heterocycles. The molecule has 1 aromatic rings. The minimum Gasteiger partial charge on any atom is -0.334 e. The third-order valence-electron chi connectivity index (χ3n) is 4.12. The quantitative estimate of drug-likeness (QED) is 0.624. The van der Waals surface area contributed by atoms with Crippen LogP contribution in [0.4, 0.5) is 5.69 Å². The van der Waals surface area contributed by atoms with E-state index in [1.54, 1.807) is 18.3 Å². The van der Waals surface area contributed by atoms with E-state index in [9.17, 15) is 4.79 Å². The summed E-state index contributed by atoms with van der Waals surface area (Å²) in [4.78, 5) is 19.1. The molecule has 116 valence electrons. The fourth-order valence-corrected chi connectivity index (χ4v) is 2.85. The molecular formula is C16H26N4O. The normalized spacial score (nSPS) is 15.4. The molecule has 1 aliphatic carbocycles. The van der Waals surface area contributed by atoms with E-state index in [0.717, 1.165) is 25.8 Å². The van der Waals surface area contributed by atoms with E-state index in [1.807, 2.05) is 4.90 Å². The van der Waals surface area contributed by atoms with E-state index in [4.69, 9.17) is 5.84 Å². The fraction of sp³-hybridized carbons (Fsp3) is 0.625. The fourth-order valence-electron chi connectivity index (χ4n) is 2.85. The number of aromatic nitrogens is 1. The molecule has 0 atom stereocenters. The zero-order chi connectivity index (χ0) is 15.2. The Morgan fingerprint density at radius 1 is 1.48 bits per heavy atom. The van der Waals surface area contributed by atoms with Gasteiger partial charge in [-0.2, -0.15) is 0 Å². The second-order valence-corrected chi connectivity index (χ2v) is 6.19. The Morgan fingerprint density at radius 2 is 2.19 bits per heavy atom. The molecule has 1 saturated carbocycles. The van der Waals surface area contributed by atoms with Crippen LogP contribution in [0, 0.1) is 5.92 Å². The predicted octanol–water partition coefficient (Wildman–Crippen LogP) is 2.80. The summed E-state index contributed by atoms with van der Waals surface area (Å²) >= 11 is 0. The molecule has 1 aromatic heterocycles. The largest absolute Gasteiger partial charge is 0.334 e. The van der Waals surface area contributed by atoms with Crippen molar-refractivity contribution >= 4 is 11.6 Å². The van der Waals surface area contributed by atoms with Crippen LogP contribution in [-0.4, -0.2) is 28.4 Å². The summed E-state index contributed by atoms with van der Waals surface area (Å²) < 4.78 is 0. The average molecular weight is 290 g/mol. The van der Waals surface area contributed by atoms with Crippen LogP contribution < -0.4 is 11.3 Å². The first kappa shape index (κ1) is 15.8. The Balaban J connectivity index is 2.15. The average Bonchev–Trinajstić information content (AvgIpc) is 3.01. The number of nitrogen functional groups attached to an aromatic ring is 1. The van der Waals surface area contributed by atoms with Crippen LogP contribution in [0.25, 0.3) is 0 Å². The Hall–Kier alpha value is -1.62. The first-order valence-electron chi connectivity index (χ1n) is 7.85. The molecule has 0 saturated heterocycles. The number of hydrogen-bond acceptors (Lipinski definition) is 4. The van der Waals surface area contributed by atoms with Gasteiger partial charge in [-0.1, -0.05) is 26.7 Å². The maximum absolute atomic E-state index is 12.8. The van der Waals surface area contributed by atoms with Gasteiger partial charge in [-0.15, -0.1) is 0 Å². The SMILES string of the molecule is CC(C)CCN(C(=O)c1cc(NN)ccn1)C1CCCC1. The van der Waals surface area contributed by atoms with Gasteiger partial charge >= 0.3 is 0 Å². The van der Waals surface area contributed by atoms with Gasteiger partial charge in [-0.05, 0) is 37.3 Å². The van der Waals surface area contributed by atoms with Crippen LogP contribution >= 0.6 is 0 Å². The van der Waals surface area contributed by atoms with Crippen molar-refractivity contribution in [2.75, 3.05) is 12.0 Å². The zero-order valence-electron chi connectivity index (χ0n) is 13.0. The smallest absolute Gasteiger partial charge is 0.272 e. The Bertz CT molecular complexity index is 469. The number of carbonyl (C=O) groups excluding carboxylic acids is 1. The summed E-state index contributed by atoms with van der Waals surface area (Å²) in [5.74, 6) is 6.03. The van der Waals surface area contributed by atoms with Crippen molar-refractivity contribution in [1.82, 2.24) is 9.88 Å². The van der Waals surface area contributed by atoms with Crippen molar-refractivity contribution in [3.05, 3.63) is 24.0 Å². The van der Waals surface area contributed by atoms with Gasteiger partial charge in [0.25, 0.3) is 5.91 Å². The van der Waals surface area contributed by atoms with E-state index in [-0.39, 0.29) is 5.91 Å². The number of rotatable bonds is 6. The molecule has 0 spiro atoms. The number of carbonyl (C=O) groups is 1. The standard InChI is InChI=1S/C16H26N4O/c1-12(2)8-10-20(14-5-3-4-6-14)16(21)15-11-13(19-17)7-9-18-15/h7,9,11-12,14H,3-6,8,10,17H2,1-2H3,(H,18,19). The summed E-state index contributed by atoms with van der Waals surface area (Å²) in [6, 6.07) is 3.84. The molecule has 0 unspecified atom stereocenters. The van der Waals surface area contributed by atoms with Crippen LogP contribution in [0.15, 0.2) is 18.3 Å². The molecule has 5 heteroatoms. The van der Waals surface area contributed by atoms with Gasteiger partial charge in [0, 0.05) is 18.8 Å². The number of nitrogens with two attached hydrogens (primary N) is 1. The lowest BCUT2D eigenvalue weighted by molar-refractivity contribution is 0.0666.